The molecule has 0 aliphatic heterocycles. The molecule has 0 aliphatic carbocycles. The smallest absolute Gasteiger partial charge is 0.244 e. The van der Waals surface area contributed by atoms with Crippen LogP contribution in [0.15, 0.2) is 30.6 Å². The molecule has 0 saturated carbocycles. The van der Waals surface area contributed by atoms with Gasteiger partial charge in [-0.05, 0) is 31.4 Å². The van der Waals surface area contributed by atoms with Crippen LogP contribution in [0, 0.1) is 0 Å². The van der Waals surface area contributed by atoms with Crippen molar-refractivity contribution < 1.29 is 22.1 Å². The first-order chi connectivity index (χ1) is 9.33. The summed E-state index contributed by atoms with van der Waals surface area (Å²) in [5, 5.41) is 8.71. The molecule has 0 radical (unpaired) electrons. The molecule has 1 aromatic heterocycles. The SMILES string of the molecule is C[n+]1cn(CCCCCCCCO)c2ccccc21.[Cl-]. The second-order valence-corrected chi connectivity index (χ2v) is 5.25. The van der Waals surface area contributed by atoms with Gasteiger partial charge in [0.15, 0.2) is 11.0 Å². The quantitative estimate of drug-likeness (QED) is 0.531. The molecule has 20 heavy (non-hydrogen) atoms. The Kier molecular flexibility index (Phi) is 7.63. The van der Waals surface area contributed by atoms with Gasteiger partial charge >= 0.3 is 0 Å². The van der Waals surface area contributed by atoms with Gasteiger partial charge in [-0.25, -0.2) is 9.13 Å². The van der Waals surface area contributed by atoms with E-state index in [9.17, 15) is 0 Å². The van der Waals surface area contributed by atoms with Crippen LogP contribution in [0.1, 0.15) is 38.5 Å². The van der Waals surface area contributed by atoms with E-state index in [1.165, 1.54) is 36.7 Å². The Morgan fingerprint density at radius 1 is 1.00 bits per heavy atom. The summed E-state index contributed by atoms with van der Waals surface area (Å²) in [5.74, 6) is 0. The number of hydrogen-bond acceptors (Lipinski definition) is 1. The molecule has 0 bridgehead atoms. The number of halogens is 1. The van der Waals surface area contributed by atoms with Gasteiger partial charge in [0, 0.05) is 6.61 Å². The predicted molar refractivity (Wildman–Crippen MR) is 77.9 cm³/mol. The van der Waals surface area contributed by atoms with Crippen LogP contribution in [-0.2, 0) is 13.6 Å². The second kappa shape index (κ2) is 8.98. The van der Waals surface area contributed by atoms with E-state index in [4.69, 9.17) is 5.11 Å². The highest BCUT2D eigenvalue weighted by Gasteiger charge is 2.11. The number of aliphatic hydroxyl groups excluding tert-OH is 1. The van der Waals surface area contributed by atoms with Crippen LogP contribution in [0.2, 0.25) is 0 Å². The molecular formula is C16H25ClN2O. The van der Waals surface area contributed by atoms with Crippen molar-refractivity contribution in [2.45, 2.75) is 45.1 Å². The lowest BCUT2D eigenvalue weighted by Gasteiger charge is -2.00. The van der Waals surface area contributed by atoms with E-state index < -0.39 is 0 Å². The number of aromatic nitrogens is 2. The van der Waals surface area contributed by atoms with Crippen LogP contribution >= 0.6 is 0 Å². The molecule has 1 heterocycles. The minimum atomic E-state index is 0. The standard InChI is InChI=1S/C16H25N2O.ClH/c1-17-14-18(16-11-7-6-10-15(16)17)12-8-4-2-3-5-9-13-19;/h6-7,10-11,14,19H,2-5,8-9,12-13H2,1H3;1H/q+1;/p-1. The Morgan fingerprint density at radius 3 is 2.40 bits per heavy atom. The Morgan fingerprint density at radius 2 is 1.65 bits per heavy atom. The Balaban J connectivity index is 0.00000200. The van der Waals surface area contributed by atoms with Gasteiger partial charge in [0.05, 0.1) is 13.6 Å². The van der Waals surface area contributed by atoms with Crippen LogP contribution in [0.3, 0.4) is 0 Å². The van der Waals surface area contributed by atoms with Crippen molar-refractivity contribution in [2.24, 2.45) is 7.05 Å². The summed E-state index contributed by atoms with van der Waals surface area (Å²) >= 11 is 0. The lowest BCUT2D eigenvalue weighted by Crippen LogP contribution is -3.00. The van der Waals surface area contributed by atoms with Gasteiger partial charge in [-0.1, -0.05) is 31.4 Å². The van der Waals surface area contributed by atoms with Crippen LogP contribution < -0.4 is 17.0 Å². The summed E-state index contributed by atoms with van der Waals surface area (Å²) in [6.07, 6.45) is 9.36. The number of unbranched alkanes of at least 4 members (excludes halogenated alkanes) is 5. The van der Waals surface area contributed by atoms with E-state index >= 15 is 0 Å². The van der Waals surface area contributed by atoms with E-state index in [-0.39, 0.29) is 12.4 Å². The van der Waals surface area contributed by atoms with E-state index in [1.54, 1.807) is 0 Å². The van der Waals surface area contributed by atoms with Gasteiger partial charge in [0.25, 0.3) is 0 Å². The van der Waals surface area contributed by atoms with Crippen molar-refractivity contribution in [3.63, 3.8) is 0 Å². The van der Waals surface area contributed by atoms with E-state index in [0.29, 0.717) is 6.61 Å². The normalized spacial score (nSPS) is 10.7. The van der Waals surface area contributed by atoms with Crippen molar-refractivity contribution in [3.05, 3.63) is 30.6 Å². The van der Waals surface area contributed by atoms with E-state index in [0.717, 1.165) is 19.4 Å². The molecule has 1 aromatic carbocycles. The van der Waals surface area contributed by atoms with Gasteiger partial charge in [-0.15, -0.1) is 0 Å². The molecule has 0 spiro atoms. The fourth-order valence-electron chi connectivity index (χ4n) is 2.62. The highest BCUT2D eigenvalue weighted by molar-refractivity contribution is 5.71. The minimum Gasteiger partial charge on any atom is -1.00 e. The van der Waals surface area contributed by atoms with Crippen molar-refractivity contribution in [1.29, 1.82) is 0 Å². The highest BCUT2D eigenvalue weighted by atomic mass is 35.5. The number of rotatable bonds is 8. The summed E-state index contributed by atoms with van der Waals surface area (Å²) in [6, 6.07) is 8.55. The zero-order valence-electron chi connectivity index (χ0n) is 12.3. The second-order valence-electron chi connectivity index (χ2n) is 5.25. The Bertz CT molecular complexity index is 510. The summed E-state index contributed by atoms with van der Waals surface area (Å²) in [5.41, 5.74) is 2.62. The van der Waals surface area contributed by atoms with Crippen molar-refractivity contribution in [1.82, 2.24) is 4.57 Å². The first kappa shape index (κ1) is 17.0. The number of imidazole rings is 1. The fraction of sp³-hybridized carbons (Fsp3) is 0.562. The summed E-state index contributed by atoms with van der Waals surface area (Å²) in [6.45, 7) is 1.44. The Hall–Kier alpha value is -1.06. The summed E-state index contributed by atoms with van der Waals surface area (Å²) in [4.78, 5) is 0. The van der Waals surface area contributed by atoms with Crippen LogP contribution in [0.4, 0.5) is 0 Å². The zero-order chi connectivity index (χ0) is 13.5. The van der Waals surface area contributed by atoms with Gasteiger partial charge in [0.2, 0.25) is 6.33 Å². The van der Waals surface area contributed by atoms with Crippen molar-refractivity contribution >= 4 is 11.0 Å². The number of nitrogens with zero attached hydrogens (tertiary/aromatic N) is 2. The largest absolute Gasteiger partial charge is 1.00 e. The topological polar surface area (TPSA) is 29.0 Å². The maximum Gasteiger partial charge on any atom is 0.244 e. The van der Waals surface area contributed by atoms with Gasteiger partial charge in [-0.2, -0.15) is 0 Å². The summed E-state index contributed by atoms with van der Waals surface area (Å²) in [7, 11) is 2.10. The molecule has 3 nitrogen and oxygen atoms in total. The molecule has 4 heteroatoms. The monoisotopic (exact) mass is 296 g/mol. The number of aryl methyl sites for hydroxylation is 2. The third kappa shape index (κ3) is 4.50. The zero-order valence-corrected chi connectivity index (χ0v) is 13.0. The molecule has 2 rings (SSSR count). The van der Waals surface area contributed by atoms with Gasteiger partial charge in [-0.3, -0.25) is 0 Å². The molecule has 0 unspecified atom stereocenters. The molecule has 0 saturated heterocycles. The molecule has 0 atom stereocenters. The van der Waals surface area contributed by atoms with Crippen molar-refractivity contribution in [2.75, 3.05) is 6.61 Å². The summed E-state index contributed by atoms with van der Waals surface area (Å²) < 4.78 is 4.54. The molecule has 0 aliphatic rings. The minimum absolute atomic E-state index is 0. The van der Waals surface area contributed by atoms with Crippen molar-refractivity contribution in [3.8, 4) is 0 Å². The molecule has 0 fully saturated rings. The number of hydrogen-bond donors (Lipinski definition) is 1. The number of para-hydroxylation sites is 2. The van der Waals surface area contributed by atoms with E-state index in [1.807, 2.05) is 0 Å². The van der Waals surface area contributed by atoms with Gasteiger partial charge < -0.3 is 17.5 Å². The van der Waals surface area contributed by atoms with Crippen LogP contribution in [0.5, 0.6) is 0 Å². The van der Waals surface area contributed by atoms with Crippen LogP contribution in [0.25, 0.3) is 11.0 Å². The fourth-order valence-corrected chi connectivity index (χ4v) is 2.62. The number of benzene rings is 1. The molecule has 112 valence electrons. The average molecular weight is 297 g/mol. The maximum atomic E-state index is 8.71. The highest BCUT2D eigenvalue weighted by Crippen LogP contribution is 2.12. The van der Waals surface area contributed by atoms with E-state index in [2.05, 4.69) is 46.8 Å². The first-order valence-corrected chi connectivity index (χ1v) is 7.37. The molecule has 1 N–H and O–H groups in total. The number of fused-ring (bicyclic) bond motifs is 1. The number of aliphatic hydroxyl groups is 1. The average Bonchev–Trinajstić information content (AvgIpc) is 2.75. The Labute approximate surface area is 127 Å². The van der Waals surface area contributed by atoms with Gasteiger partial charge in [0.1, 0.15) is 0 Å². The molecule has 2 aromatic rings. The predicted octanol–water partition coefficient (Wildman–Crippen LogP) is -0.197. The third-order valence-corrected chi connectivity index (χ3v) is 3.69. The lowest BCUT2D eigenvalue weighted by molar-refractivity contribution is -0.645. The third-order valence-electron chi connectivity index (χ3n) is 3.69. The maximum absolute atomic E-state index is 8.71. The van der Waals surface area contributed by atoms with Crippen LogP contribution in [-0.4, -0.2) is 16.3 Å². The first-order valence-electron chi connectivity index (χ1n) is 7.37. The molecule has 0 amide bonds. The molecular weight excluding hydrogens is 272 g/mol. The lowest BCUT2D eigenvalue weighted by atomic mass is 10.1.